The third-order valence-electron chi connectivity index (χ3n) is 2.09. The number of benzene rings is 1. The van der Waals surface area contributed by atoms with Crippen LogP contribution in [0.2, 0.25) is 0 Å². The fraction of sp³-hybridized carbons (Fsp3) is 0.400. The van der Waals surface area contributed by atoms with Crippen molar-refractivity contribution in [1.82, 2.24) is 5.32 Å². The van der Waals surface area contributed by atoms with Crippen molar-refractivity contribution < 1.29 is 13.0 Å². The normalized spacial score (nSPS) is 11.6. The SMILES string of the molecule is NCc1cccc(CNCCS(=O)(=O)O)c1. The molecule has 0 aliphatic carbocycles. The molecule has 1 aromatic rings. The molecule has 0 aromatic heterocycles. The highest BCUT2D eigenvalue weighted by molar-refractivity contribution is 7.85. The summed E-state index contributed by atoms with van der Waals surface area (Å²) in [5, 5.41) is 2.93. The zero-order chi connectivity index (χ0) is 12.0. The Morgan fingerprint density at radius 3 is 2.62 bits per heavy atom. The van der Waals surface area contributed by atoms with Crippen LogP contribution in [0.4, 0.5) is 0 Å². The van der Waals surface area contributed by atoms with Crippen LogP contribution in [0.5, 0.6) is 0 Å². The standard InChI is InChI=1S/C10H16N2O3S/c11-7-9-2-1-3-10(6-9)8-12-4-5-16(13,14)15/h1-3,6,12H,4-5,7-8,11H2,(H,13,14,15). The number of nitrogens with two attached hydrogens (primary N) is 1. The van der Waals surface area contributed by atoms with Crippen molar-refractivity contribution in [3.63, 3.8) is 0 Å². The number of hydrogen-bond acceptors (Lipinski definition) is 4. The van der Waals surface area contributed by atoms with Gasteiger partial charge in [-0.3, -0.25) is 4.55 Å². The molecule has 0 fully saturated rings. The third kappa shape index (κ3) is 5.22. The average Bonchev–Trinajstić information content (AvgIpc) is 2.23. The fourth-order valence-corrected chi connectivity index (χ4v) is 1.70. The molecule has 0 heterocycles. The Hall–Kier alpha value is -0.950. The summed E-state index contributed by atoms with van der Waals surface area (Å²) in [5.41, 5.74) is 7.57. The molecule has 16 heavy (non-hydrogen) atoms. The van der Waals surface area contributed by atoms with Crippen LogP contribution in [0.25, 0.3) is 0 Å². The molecule has 0 atom stereocenters. The van der Waals surface area contributed by atoms with Crippen LogP contribution >= 0.6 is 0 Å². The van der Waals surface area contributed by atoms with Gasteiger partial charge in [-0.2, -0.15) is 8.42 Å². The molecule has 0 saturated carbocycles. The highest BCUT2D eigenvalue weighted by Gasteiger charge is 2.02. The summed E-state index contributed by atoms with van der Waals surface area (Å²) in [6.07, 6.45) is 0. The Balaban J connectivity index is 2.37. The number of hydrogen-bond donors (Lipinski definition) is 3. The molecule has 6 heteroatoms. The quantitative estimate of drug-likeness (QED) is 0.488. The van der Waals surface area contributed by atoms with E-state index >= 15 is 0 Å². The molecular formula is C10H16N2O3S. The Morgan fingerprint density at radius 1 is 1.31 bits per heavy atom. The van der Waals surface area contributed by atoms with Gasteiger partial charge in [-0.1, -0.05) is 24.3 Å². The van der Waals surface area contributed by atoms with Gasteiger partial charge in [-0.15, -0.1) is 0 Å². The van der Waals surface area contributed by atoms with E-state index in [0.29, 0.717) is 13.1 Å². The van der Waals surface area contributed by atoms with Crippen LogP contribution in [-0.2, 0) is 23.2 Å². The number of nitrogens with one attached hydrogen (secondary N) is 1. The molecule has 1 rings (SSSR count). The summed E-state index contributed by atoms with van der Waals surface area (Å²) >= 11 is 0. The first-order valence-electron chi connectivity index (χ1n) is 4.95. The van der Waals surface area contributed by atoms with Crippen LogP contribution < -0.4 is 11.1 Å². The predicted octanol–water partition coefficient (Wildman–Crippen LogP) is 0.123. The molecule has 0 amide bonds. The maximum absolute atomic E-state index is 10.4. The van der Waals surface area contributed by atoms with Crippen LogP contribution in [-0.4, -0.2) is 25.3 Å². The van der Waals surface area contributed by atoms with Crippen LogP contribution in [0.1, 0.15) is 11.1 Å². The van der Waals surface area contributed by atoms with Crippen molar-refractivity contribution in [3.05, 3.63) is 35.4 Å². The summed E-state index contributed by atoms with van der Waals surface area (Å²) < 4.78 is 29.4. The molecular weight excluding hydrogens is 228 g/mol. The van der Waals surface area contributed by atoms with Gasteiger partial charge in [0.2, 0.25) is 0 Å². The first-order valence-corrected chi connectivity index (χ1v) is 6.56. The summed E-state index contributed by atoms with van der Waals surface area (Å²) in [6.45, 7) is 1.27. The molecule has 1 aromatic carbocycles. The summed E-state index contributed by atoms with van der Waals surface area (Å²) in [4.78, 5) is 0. The van der Waals surface area contributed by atoms with Gasteiger partial charge < -0.3 is 11.1 Å². The molecule has 90 valence electrons. The van der Waals surface area contributed by atoms with Gasteiger partial charge >= 0.3 is 0 Å². The highest BCUT2D eigenvalue weighted by Crippen LogP contribution is 2.03. The molecule has 0 aliphatic heterocycles. The molecule has 0 bridgehead atoms. The third-order valence-corrected chi connectivity index (χ3v) is 2.81. The lowest BCUT2D eigenvalue weighted by atomic mass is 10.1. The predicted molar refractivity (Wildman–Crippen MR) is 62.5 cm³/mol. The van der Waals surface area contributed by atoms with Gasteiger partial charge in [0.25, 0.3) is 10.1 Å². The van der Waals surface area contributed by atoms with Crippen molar-refractivity contribution in [3.8, 4) is 0 Å². The van der Waals surface area contributed by atoms with E-state index in [2.05, 4.69) is 5.32 Å². The van der Waals surface area contributed by atoms with Gasteiger partial charge in [0.15, 0.2) is 0 Å². The van der Waals surface area contributed by atoms with Gasteiger partial charge in [-0.05, 0) is 11.1 Å². The van der Waals surface area contributed by atoms with E-state index in [1.54, 1.807) is 0 Å². The lowest BCUT2D eigenvalue weighted by Gasteiger charge is -2.05. The van der Waals surface area contributed by atoms with Gasteiger partial charge in [0.1, 0.15) is 0 Å². The maximum Gasteiger partial charge on any atom is 0.266 e. The second-order valence-corrected chi connectivity index (χ2v) is 5.06. The minimum Gasteiger partial charge on any atom is -0.326 e. The van der Waals surface area contributed by atoms with Gasteiger partial charge in [0.05, 0.1) is 5.75 Å². The molecule has 0 unspecified atom stereocenters. The van der Waals surface area contributed by atoms with Crippen LogP contribution in [0.15, 0.2) is 24.3 Å². The Kier molecular flexibility index (Phi) is 4.88. The van der Waals surface area contributed by atoms with Crippen LogP contribution in [0, 0.1) is 0 Å². The topological polar surface area (TPSA) is 92.4 Å². The summed E-state index contributed by atoms with van der Waals surface area (Å²) in [6, 6.07) is 7.73. The highest BCUT2D eigenvalue weighted by atomic mass is 32.2. The van der Waals surface area contributed by atoms with E-state index in [4.69, 9.17) is 10.3 Å². The van der Waals surface area contributed by atoms with Crippen molar-refractivity contribution in [2.45, 2.75) is 13.1 Å². The maximum atomic E-state index is 10.4. The van der Waals surface area contributed by atoms with E-state index in [9.17, 15) is 8.42 Å². The second kappa shape index (κ2) is 5.95. The van der Waals surface area contributed by atoms with Crippen molar-refractivity contribution >= 4 is 10.1 Å². The summed E-state index contributed by atoms with van der Waals surface area (Å²) in [5.74, 6) is -0.274. The van der Waals surface area contributed by atoms with E-state index in [-0.39, 0.29) is 12.3 Å². The van der Waals surface area contributed by atoms with Crippen LogP contribution in [0.3, 0.4) is 0 Å². The van der Waals surface area contributed by atoms with E-state index in [1.807, 2.05) is 24.3 Å². The Bertz CT molecular complexity index is 431. The van der Waals surface area contributed by atoms with E-state index in [1.165, 1.54) is 0 Å². The molecule has 0 spiro atoms. The van der Waals surface area contributed by atoms with E-state index in [0.717, 1.165) is 11.1 Å². The minimum atomic E-state index is -3.87. The van der Waals surface area contributed by atoms with Gasteiger partial charge in [0, 0.05) is 19.6 Å². The average molecular weight is 244 g/mol. The summed E-state index contributed by atoms with van der Waals surface area (Å²) in [7, 11) is -3.87. The van der Waals surface area contributed by atoms with E-state index < -0.39 is 10.1 Å². The zero-order valence-corrected chi connectivity index (χ0v) is 9.70. The van der Waals surface area contributed by atoms with Crippen molar-refractivity contribution in [1.29, 1.82) is 0 Å². The smallest absolute Gasteiger partial charge is 0.266 e. The van der Waals surface area contributed by atoms with Gasteiger partial charge in [-0.25, -0.2) is 0 Å². The molecule has 0 radical (unpaired) electrons. The monoisotopic (exact) mass is 244 g/mol. The fourth-order valence-electron chi connectivity index (χ4n) is 1.30. The largest absolute Gasteiger partial charge is 0.326 e. The van der Waals surface area contributed by atoms with Crippen molar-refractivity contribution in [2.24, 2.45) is 5.73 Å². The molecule has 4 N–H and O–H groups in total. The Morgan fingerprint density at radius 2 is 2.00 bits per heavy atom. The lowest BCUT2D eigenvalue weighted by Crippen LogP contribution is -2.22. The number of rotatable bonds is 6. The molecule has 5 nitrogen and oxygen atoms in total. The zero-order valence-electron chi connectivity index (χ0n) is 8.89. The minimum absolute atomic E-state index is 0.228. The molecule has 0 aliphatic rings. The van der Waals surface area contributed by atoms with Crippen molar-refractivity contribution in [2.75, 3.05) is 12.3 Å². The lowest BCUT2D eigenvalue weighted by molar-refractivity contribution is 0.480. The Labute approximate surface area is 95.4 Å². The molecule has 0 saturated heterocycles. The second-order valence-electron chi connectivity index (χ2n) is 3.49. The first-order chi connectivity index (χ1) is 7.51. The first kappa shape index (κ1) is 13.1.